The third-order valence-electron chi connectivity index (χ3n) is 4.16. The fourth-order valence-corrected chi connectivity index (χ4v) is 3.10. The first-order chi connectivity index (χ1) is 11.7. The number of ketones is 2. The minimum Gasteiger partial charge on any atom is -0.299 e. The molecule has 0 aliphatic heterocycles. The van der Waals surface area contributed by atoms with Gasteiger partial charge in [-0.2, -0.15) is 5.10 Å². The van der Waals surface area contributed by atoms with Crippen molar-refractivity contribution in [3.63, 3.8) is 0 Å². The minimum absolute atomic E-state index is 0.0627. The summed E-state index contributed by atoms with van der Waals surface area (Å²) in [5.41, 5.74) is 4.26. The lowest BCUT2D eigenvalue weighted by molar-refractivity contribution is -0.117. The molecule has 0 radical (unpaired) electrons. The van der Waals surface area contributed by atoms with Crippen molar-refractivity contribution in [1.82, 2.24) is 10.2 Å². The van der Waals surface area contributed by atoms with Crippen LogP contribution in [0.15, 0.2) is 60.7 Å². The average molecular weight is 314 g/mol. The van der Waals surface area contributed by atoms with E-state index in [1.54, 1.807) is 0 Å². The molecule has 0 saturated heterocycles. The molecule has 0 atom stereocenters. The van der Waals surface area contributed by atoms with Gasteiger partial charge < -0.3 is 0 Å². The molecule has 4 nitrogen and oxygen atoms in total. The van der Waals surface area contributed by atoms with Gasteiger partial charge in [-0.1, -0.05) is 60.7 Å². The van der Waals surface area contributed by atoms with Gasteiger partial charge in [-0.3, -0.25) is 9.59 Å². The zero-order valence-electron chi connectivity index (χ0n) is 12.9. The molecule has 1 aliphatic rings. The molecule has 0 spiro atoms. The van der Waals surface area contributed by atoms with Crippen LogP contribution in [0.5, 0.6) is 0 Å². The molecule has 1 aromatic heterocycles. The summed E-state index contributed by atoms with van der Waals surface area (Å²) in [6.45, 7) is 0. The van der Waals surface area contributed by atoms with Crippen LogP contribution in [0.25, 0.3) is 22.4 Å². The minimum atomic E-state index is -0.174. The number of aromatic nitrogens is 2. The van der Waals surface area contributed by atoms with Crippen LogP contribution in [0.4, 0.5) is 0 Å². The normalized spacial score (nSPS) is 13.7. The Morgan fingerprint density at radius 3 is 1.96 bits per heavy atom. The lowest BCUT2D eigenvalue weighted by atomic mass is 9.86. The van der Waals surface area contributed by atoms with Gasteiger partial charge in [0.2, 0.25) is 0 Å². The largest absolute Gasteiger partial charge is 0.299 e. The fourth-order valence-electron chi connectivity index (χ4n) is 3.10. The number of carbonyl (C=O) groups excluding carboxylic acids is 2. The molecular weight excluding hydrogens is 300 g/mol. The van der Waals surface area contributed by atoms with Crippen molar-refractivity contribution in [2.75, 3.05) is 0 Å². The number of fused-ring (bicyclic) bond motifs is 1. The Balaban J connectivity index is 2.04. The number of Topliss-reactive ketones (excluding diaryl/α,β-unsaturated/α-hetero) is 2. The molecule has 0 saturated carbocycles. The van der Waals surface area contributed by atoms with Crippen LogP contribution in [0.3, 0.4) is 0 Å². The average Bonchev–Trinajstić information content (AvgIpc) is 2.62. The molecule has 0 fully saturated rings. The Labute approximate surface area is 139 Å². The molecule has 1 aliphatic carbocycles. The topological polar surface area (TPSA) is 59.9 Å². The van der Waals surface area contributed by atoms with Crippen molar-refractivity contribution in [2.45, 2.75) is 12.8 Å². The second-order valence-electron chi connectivity index (χ2n) is 5.79. The van der Waals surface area contributed by atoms with E-state index in [0.717, 1.165) is 16.7 Å². The quantitative estimate of drug-likeness (QED) is 0.679. The zero-order valence-corrected chi connectivity index (χ0v) is 12.9. The summed E-state index contributed by atoms with van der Waals surface area (Å²) in [4.78, 5) is 24.3. The molecule has 2 aromatic carbocycles. The lowest BCUT2D eigenvalue weighted by Crippen LogP contribution is -2.23. The van der Waals surface area contributed by atoms with Crippen LogP contribution in [0.2, 0.25) is 0 Å². The Bertz CT molecular complexity index is 935. The molecule has 3 aromatic rings. The van der Waals surface area contributed by atoms with Crippen LogP contribution in [0.1, 0.15) is 22.5 Å². The molecule has 24 heavy (non-hydrogen) atoms. The van der Waals surface area contributed by atoms with E-state index in [1.807, 2.05) is 60.7 Å². The number of hydrogen-bond acceptors (Lipinski definition) is 4. The second kappa shape index (κ2) is 5.81. The van der Waals surface area contributed by atoms with Gasteiger partial charge in [0.15, 0.2) is 5.78 Å². The van der Waals surface area contributed by atoms with Gasteiger partial charge in [-0.25, -0.2) is 0 Å². The summed E-state index contributed by atoms with van der Waals surface area (Å²) in [6.07, 6.45) is 0.107. The maximum atomic E-state index is 12.6. The van der Waals surface area contributed by atoms with Crippen molar-refractivity contribution in [3.05, 3.63) is 71.9 Å². The van der Waals surface area contributed by atoms with E-state index >= 15 is 0 Å². The lowest BCUT2D eigenvalue weighted by Gasteiger charge is -2.19. The van der Waals surface area contributed by atoms with Crippen molar-refractivity contribution in [3.8, 4) is 22.4 Å². The molecule has 0 N–H and O–H groups in total. The third-order valence-corrected chi connectivity index (χ3v) is 4.16. The summed E-state index contributed by atoms with van der Waals surface area (Å²) in [5.74, 6) is -0.277. The van der Waals surface area contributed by atoms with E-state index < -0.39 is 0 Å². The van der Waals surface area contributed by atoms with Gasteiger partial charge in [0.1, 0.15) is 11.5 Å². The van der Waals surface area contributed by atoms with E-state index in [-0.39, 0.29) is 24.4 Å². The van der Waals surface area contributed by atoms with Crippen LogP contribution in [-0.2, 0) is 11.2 Å². The van der Waals surface area contributed by atoms with Gasteiger partial charge in [-0.15, -0.1) is 5.10 Å². The molecule has 0 bridgehead atoms. The van der Waals surface area contributed by atoms with Crippen LogP contribution in [0, 0.1) is 0 Å². The summed E-state index contributed by atoms with van der Waals surface area (Å²) >= 11 is 0. The second-order valence-corrected chi connectivity index (χ2v) is 5.79. The number of carbonyl (C=O) groups is 2. The highest BCUT2D eigenvalue weighted by Gasteiger charge is 2.30. The molecule has 4 rings (SSSR count). The molecule has 116 valence electrons. The first kappa shape index (κ1) is 14.5. The van der Waals surface area contributed by atoms with Gasteiger partial charge >= 0.3 is 0 Å². The summed E-state index contributed by atoms with van der Waals surface area (Å²) in [5, 5.41) is 8.54. The standard InChI is InChI=1S/C20H14N2O2/c23-15-11-16-19(17(24)12-15)18(13-7-3-1-4-8-13)20(22-21-16)14-9-5-2-6-10-14/h1-10H,11-12H2. The number of hydrogen-bond donors (Lipinski definition) is 0. The first-order valence-electron chi connectivity index (χ1n) is 7.79. The first-order valence-corrected chi connectivity index (χ1v) is 7.79. The highest BCUT2D eigenvalue weighted by Crippen LogP contribution is 2.36. The Morgan fingerprint density at radius 1 is 0.667 bits per heavy atom. The van der Waals surface area contributed by atoms with Crippen molar-refractivity contribution >= 4 is 11.6 Å². The van der Waals surface area contributed by atoms with E-state index in [9.17, 15) is 9.59 Å². The smallest absolute Gasteiger partial charge is 0.172 e. The Kier molecular flexibility index (Phi) is 3.50. The van der Waals surface area contributed by atoms with E-state index in [2.05, 4.69) is 10.2 Å². The molecular formula is C20H14N2O2. The summed E-state index contributed by atoms with van der Waals surface area (Å²) < 4.78 is 0. The van der Waals surface area contributed by atoms with Crippen molar-refractivity contribution < 1.29 is 9.59 Å². The van der Waals surface area contributed by atoms with Crippen molar-refractivity contribution in [1.29, 1.82) is 0 Å². The Morgan fingerprint density at radius 2 is 1.29 bits per heavy atom. The van der Waals surface area contributed by atoms with E-state index in [4.69, 9.17) is 0 Å². The predicted octanol–water partition coefficient (Wildman–Crippen LogP) is 3.51. The zero-order chi connectivity index (χ0) is 16.5. The monoisotopic (exact) mass is 314 g/mol. The van der Waals surface area contributed by atoms with Crippen molar-refractivity contribution in [2.24, 2.45) is 0 Å². The molecule has 1 heterocycles. The maximum Gasteiger partial charge on any atom is 0.172 e. The SMILES string of the molecule is O=C1CC(=O)c2c(nnc(-c3ccccc3)c2-c2ccccc2)C1. The molecule has 0 unspecified atom stereocenters. The van der Waals surface area contributed by atoms with E-state index in [0.29, 0.717) is 17.0 Å². The van der Waals surface area contributed by atoms with Crippen LogP contribution >= 0.6 is 0 Å². The van der Waals surface area contributed by atoms with Gasteiger partial charge in [0.05, 0.1) is 24.1 Å². The molecule has 4 heteroatoms. The van der Waals surface area contributed by atoms with Gasteiger partial charge in [-0.05, 0) is 5.56 Å². The fraction of sp³-hybridized carbons (Fsp3) is 0.100. The molecule has 0 amide bonds. The summed E-state index contributed by atoms with van der Waals surface area (Å²) in [6, 6.07) is 19.4. The van der Waals surface area contributed by atoms with Gasteiger partial charge in [0, 0.05) is 11.1 Å². The van der Waals surface area contributed by atoms with Crippen LogP contribution in [-0.4, -0.2) is 21.8 Å². The number of nitrogens with zero attached hydrogens (tertiary/aromatic N) is 2. The predicted molar refractivity (Wildman–Crippen MR) is 90.6 cm³/mol. The maximum absolute atomic E-state index is 12.6. The number of benzene rings is 2. The highest BCUT2D eigenvalue weighted by molar-refractivity contribution is 6.16. The van der Waals surface area contributed by atoms with Crippen LogP contribution < -0.4 is 0 Å². The van der Waals surface area contributed by atoms with E-state index in [1.165, 1.54) is 0 Å². The Hall–Kier alpha value is -3.14. The highest BCUT2D eigenvalue weighted by atomic mass is 16.1. The number of rotatable bonds is 2. The third kappa shape index (κ3) is 2.42. The van der Waals surface area contributed by atoms with Gasteiger partial charge in [0.25, 0.3) is 0 Å². The summed E-state index contributed by atoms with van der Waals surface area (Å²) in [7, 11) is 0.